The molecule has 0 atom stereocenters. The van der Waals surface area contributed by atoms with Crippen LogP contribution in [0.3, 0.4) is 0 Å². The maximum Gasteiger partial charge on any atom is 0.255 e. The van der Waals surface area contributed by atoms with Crippen LogP contribution in [0.5, 0.6) is 5.88 Å². The van der Waals surface area contributed by atoms with Crippen LogP contribution >= 0.6 is 0 Å². The van der Waals surface area contributed by atoms with Crippen LogP contribution in [-0.2, 0) is 0 Å². The molecule has 4 heterocycles. The van der Waals surface area contributed by atoms with Gasteiger partial charge in [0.15, 0.2) is 0 Å². The Morgan fingerprint density at radius 1 is 1.30 bits per heavy atom. The highest BCUT2D eigenvalue weighted by atomic mass is 16.3. The van der Waals surface area contributed by atoms with E-state index in [-0.39, 0.29) is 5.88 Å². The number of H-pyrrole nitrogens is 1. The number of aromatic amines is 1. The highest BCUT2D eigenvalue weighted by Crippen LogP contribution is 2.09. The van der Waals surface area contributed by atoms with Gasteiger partial charge in [-0.3, -0.25) is 5.10 Å². The van der Waals surface area contributed by atoms with Crippen LogP contribution in [0.25, 0.3) is 16.9 Å². The SMILES string of the molecule is Cc1cc(O)n2ncnc2n1.c1cnc2nn[nH]c2c1. The minimum Gasteiger partial charge on any atom is -0.493 e. The van der Waals surface area contributed by atoms with Crippen molar-refractivity contribution in [2.45, 2.75) is 6.92 Å². The highest BCUT2D eigenvalue weighted by Gasteiger charge is 2.01. The first-order valence-electron chi connectivity index (χ1n) is 5.72. The summed E-state index contributed by atoms with van der Waals surface area (Å²) in [7, 11) is 0. The molecule has 0 saturated carbocycles. The number of aryl methyl sites for hydroxylation is 1. The van der Waals surface area contributed by atoms with Gasteiger partial charge in [0, 0.05) is 18.0 Å². The number of rotatable bonds is 0. The fraction of sp³-hybridized carbons (Fsp3) is 0.0909. The Morgan fingerprint density at radius 3 is 3.05 bits per heavy atom. The molecule has 0 aliphatic carbocycles. The van der Waals surface area contributed by atoms with Gasteiger partial charge < -0.3 is 5.11 Å². The molecule has 0 fully saturated rings. The second-order valence-electron chi connectivity index (χ2n) is 3.91. The van der Waals surface area contributed by atoms with Gasteiger partial charge in [0.05, 0.1) is 0 Å². The molecule has 9 heteroatoms. The summed E-state index contributed by atoms with van der Waals surface area (Å²) in [4.78, 5) is 11.8. The summed E-state index contributed by atoms with van der Waals surface area (Å²) in [5.74, 6) is 0.479. The van der Waals surface area contributed by atoms with Crippen LogP contribution in [0, 0.1) is 6.92 Å². The van der Waals surface area contributed by atoms with Gasteiger partial charge in [0.1, 0.15) is 11.8 Å². The molecular weight excluding hydrogens is 260 g/mol. The Balaban J connectivity index is 0.000000123. The van der Waals surface area contributed by atoms with Gasteiger partial charge >= 0.3 is 0 Å². The molecule has 0 amide bonds. The van der Waals surface area contributed by atoms with Crippen LogP contribution < -0.4 is 0 Å². The van der Waals surface area contributed by atoms with Gasteiger partial charge in [0.2, 0.25) is 11.5 Å². The van der Waals surface area contributed by atoms with Crippen LogP contribution in [0.4, 0.5) is 0 Å². The summed E-state index contributed by atoms with van der Waals surface area (Å²) in [6.45, 7) is 1.79. The Hall–Kier alpha value is -3.10. The smallest absolute Gasteiger partial charge is 0.255 e. The normalized spacial score (nSPS) is 10.4. The lowest BCUT2D eigenvalue weighted by molar-refractivity contribution is 0.434. The third-order valence-electron chi connectivity index (χ3n) is 2.46. The van der Waals surface area contributed by atoms with E-state index in [1.807, 2.05) is 12.1 Å². The molecule has 0 spiro atoms. The molecule has 9 nitrogen and oxygen atoms in total. The summed E-state index contributed by atoms with van der Waals surface area (Å²) in [6, 6.07) is 5.24. The van der Waals surface area contributed by atoms with E-state index in [1.165, 1.54) is 16.9 Å². The van der Waals surface area contributed by atoms with E-state index in [2.05, 4.69) is 35.5 Å². The van der Waals surface area contributed by atoms with E-state index in [0.717, 1.165) is 11.2 Å². The first kappa shape index (κ1) is 12.0. The average molecular weight is 270 g/mol. The lowest BCUT2D eigenvalue weighted by Gasteiger charge is -1.95. The van der Waals surface area contributed by atoms with Crippen LogP contribution in [-0.4, -0.2) is 45.1 Å². The number of nitrogens with one attached hydrogen (secondary N) is 1. The number of hydrogen-bond donors (Lipinski definition) is 2. The summed E-state index contributed by atoms with van der Waals surface area (Å²) < 4.78 is 1.27. The van der Waals surface area contributed by atoms with Crippen molar-refractivity contribution in [3.05, 3.63) is 36.4 Å². The van der Waals surface area contributed by atoms with Gasteiger partial charge in [-0.1, -0.05) is 5.21 Å². The van der Waals surface area contributed by atoms with E-state index in [0.29, 0.717) is 11.4 Å². The predicted octanol–water partition coefficient (Wildman–Crippen LogP) is 0.491. The van der Waals surface area contributed by atoms with Crippen molar-refractivity contribution in [3.8, 4) is 5.88 Å². The van der Waals surface area contributed by atoms with Crippen molar-refractivity contribution >= 4 is 16.9 Å². The molecule has 20 heavy (non-hydrogen) atoms. The second kappa shape index (κ2) is 4.88. The third kappa shape index (κ3) is 2.23. The highest BCUT2D eigenvalue weighted by molar-refractivity contribution is 5.67. The zero-order chi connectivity index (χ0) is 13.9. The second-order valence-corrected chi connectivity index (χ2v) is 3.91. The molecular formula is C11H10N8O. The lowest BCUT2D eigenvalue weighted by Crippen LogP contribution is -1.93. The van der Waals surface area contributed by atoms with Gasteiger partial charge in [-0.25, -0.2) is 9.97 Å². The van der Waals surface area contributed by atoms with Crippen molar-refractivity contribution < 1.29 is 5.11 Å². The number of nitrogens with zero attached hydrogens (tertiary/aromatic N) is 7. The zero-order valence-corrected chi connectivity index (χ0v) is 10.5. The quantitative estimate of drug-likeness (QED) is 0.477. The molecule has 0 unspecified atom stereocenters. The molecule has 0 saturated heterocycles. The van der Waals surface area contributed by atoms with Crippen molar-refractivity contribution in [3.63, 3.8) is 0 Å². The number of pyridine rings is 1. The molecule has 4 aromatic rings. The van der Waals surface area contributed by atoms with Crippen LogP contribution in [0.1, 0.15) is 5.69 Å². The molecule has 4 aromatic heterocycles. The molecule has 0 radical (unpaired) electrons. The molecule has 4 rings (SSSR count). The molecule has 0 aliphatic heterocycles. The van der Waals surface area contributed by atoms with Crippen LogP contribution in [0.2, 0.25) is 0 Å². The van der Waals surface area contributed by atoms with E-state index in [4.69, 9.17) is 0 Å². The first-order valence-corrected chi connectivity index (χ1v) is 5.72. The summed E-state index contributed by atoms with van der Waals surface area (Å²) in [5, 5.41) is 23.0. The Bertz CT molecular complexity index is 822. The molecule has 0 aromatic carbocycles. The Morgan fingerprint density at radius 2 is 2.20 bits per heavy atom. The monoisotopic (exact) mass is 270 g/mol. The maximum absolute atomic E-state index is 9.26. The minimum atomic E-state index is 0.0602. The predicted molar refractivity (Wildman–Crippen MR) is 68.9 cm³/mol. The lowest BCUT2D eigenvalue weighted by atomic mass is 10.4. The summed E-state index contributed by atoms with van der Waals surface area (Å²) in [5.41, 5.74) is 2.26. The standard InChI is InChI=1S/C6H6N4O.C5H4N4/c1-4-2-5(11)10-6(9-4)7-3-8-10;1-2-4-5(6-3-1)8-9-7-4/h2-3,11H,1H3;1-3H,(H,6,7,8,9). The van der Waals surface area contributed by atoms with Crippen molar-refractivity contribution in [2.24, 2.45) is 0 Å². The Labute approximate surface area is 112 Å². The van der Waals surface area contributed by atoms with E-state index in [1.54, 1.807) is 13.1 Å². The van der Waals surface area contributed by atoms with Gasteiger partial charge in [0.25, 0.3) is 5.78 Å². The minimum absolute atomic E-state index is 0.0602. The fourth-order valence-corrected chi connectivity index (χ4v) is 1.60. The topological polar surface area (TPSA) is 118 Å². The molecule has 0 bridgehead atoms. The molecule has 100 valence electrons. The first-order chi connectivity index (χ1) is 9.74. The van der Waals surface area contributed by atoms with Gasteiger partial charge in [-0.05, 0) is 19.1 Å². The largest absolute Gasteiger partial charge is 0.493 e. The zero-order valence-electron chi connectivity index (χ0n) is 10.5. The van der Waals surface area contributed by atoms with E-state index < -0.39 is 0 Å². The maximum atomic E-state index is 9.26. The van der Waals surface area contributed by atoms with Gasteiger partial charge in [-0.15, -0.1) is 5.10 Å². The summed E-state index contributed by atoms with van der Waals surface area (Å²) >= 11 is 0. The van der Waals surface area contributed by atoms with E-state index in [9.17, 15) is 5.11 Å². The number of fused-ring (bicyclic) bond motifs is 2. The fourth-order valence-electron chi connectivity index (χ4n) is 1.60. The third-order valence-corrected chi connectivity index (χ3v) is 2.46. The average Bonchev–Trinajstić information content (AvgIpc) is 3.06. The van der Waals surface area contributed by atoms with E-state index >= 15 is 0 Å². The van der Waals surface area contributed by atoms with Crippen molar-refractivity contribution in [1.82, 2.24) is 40.0 Å². The van der Waals surface area contributed by atoms with Crippen molar-refractivity contribution in [2.75, 3.05) is 0 Å². The van der Waals surface area contributed by atoms with Crippen LogP contribution in [0.15, 0.2) is 30.7 Å². The molecule has 0 aliphatic rings. The molecule has 2 N–H and O–H groups in total. The number of hydrogen-bond acceptors (Lipinski definition) is 7. The van der Waals surface area contributed by atoms with Crippen molar-refractivity contribution in [1.29, 1.82) is 0 Å². The number of aromatic nitrogens is 8. The summed E-state index contributed by atoms with van der Waals surface area (Å²) in [6.07, 6.45) is 3.03. The number of aromatic hydroxyl groups is 1. The Kier molecular flexibility index (Phi) is 2.92. The van der Waals surface area contributed by atoms with Gasteiger partial charge in [-0.2, -0.15) is 14.6 Å².